The first-order valence-corrected chi connectivity index (χ1v) is 7.56. The maximum Gasteiger partial charge on any atom is 0.319 e. The predicted molar refractivity (Wildman–Crippen MR) is 79.0 cm³/mol. The highest BCUT2D eigenvalue weighted by atomic mass is 16.4. The molecule has 1 aliphatic heterocycles. The number of hydrogen-bond donors (Lipinski definition) is 1. The van der Waals surface area contributed by atoms with Gasteiger partial charge in [-0.05, 0) is 44.2 Å². The van der Waals surface area contributed by atoms with Gasteiger partial charge in [0.15, 0.2) is 0 Å². The van der Waals surface area contributed by atoms with Gasteiger partial charge < -0.3 is 10.0 Å². The monoisotopic (exact) mass is 287 g/mol. The van der Waals surface area contributed by atoms with Crippen LogP contribution in [0, 0.1) is 12.3 Å². The summed E-state index contributed by atoms with van der Waals surface area (Å²) in [7, 11) is 0. The van der Waals surface area contributed by atoms with Gasteiger partial charge in [0.05, 0.1) is 0 Å². The number of carbonyl (C=O) groups is 2. The average Bonchev–Trinajstić information content (AvgIpc) is 3.17. The molecule has 1 aliphatic carbocycles. The second kappa shape index (κ2) is 4.86. The van der Waals surface area contributed by atoms with Crippen LogP contribution in [-0.4, -0.2) is 34.5 Å². The minimum atomic E-state index is -1.12. The van der Waals surface area contributed by atoms with Crippen LogP contribution in [0.2, 0.25) is 0 Å². The van der Waals surface area contributed by atoms with Crippen molar-refractivity contribution in [3.8, 4) is 0 Å². The van der Waals surface area contributed by atoms with Crippen LogP contribution in [0.4, 0.5) is 0 Å². The molecule has 4 heteroatoms. The molecule has 2 fully saturated rings. The van der Waals surface area contributed by atoms with Crippen LogP contribution < -0.4 is 0 Å². The van der Waals surface area contributed by atoms with Gasteiger partial charge in [-0.25, -0.2) is 0 Å². The lowest BCUT2D eigenvalue weighted by Crippen LogP contribution is -2.42. The molecular formula is C17H21NO3. The lowest BCUT2D eigenvalue weighted by Gasteiger charge is -2.25. The summed E-state index contributed by atoms with van der Waals surface area (Å²) in [5.41, 5.74) is 1.40. The third-order valence-corrected chi connectivity index (χ3v) is 5.03. The number of carbonyl (C=O) groups excluding carboxylic acids is 1. The van der Waals surface area contributed by atoms with Gasteiger partial charge in [0.25, 0.3) is 0 Å². The quantitative estimate of drug-likeness (QED) is 0.869. The Kier molecular flexibility index (Phi) is 3.27. The normalized spacial score (nSPS) is 26.7. The minimum absolute atomic E-state index is 0.110. The number of hydrogen-bond acceptors (Lipinski definition) is 2. The Morgan fingerprint density at radius 1 is 1.29 bits per heavy atom. The van der Waals surface area contributed by atoms with Gasteiger partial charge in [0.2, 0.25) is 5.91 Å². The number of aliphatic carboxylic acids is 1. The fraction of sp³-hybridized carbons (Fsp3) is 0.529. The summed E-state index contributed by atoms with van der Waals surface area (Å²) in [6.07, 6.45) is 1.88. The van der Waals surface area contributed by atoms with Crippen LogP contribution in [0.5, 0.6) is 0 Å². The molecule has 112 valence electrons. The number of benzene rings is 1. The summed E-state index contributed by atoms with van der Waals surface area (Å²) in [6, 6.07) is 8.36. The summed E-state index contributed by atoms with van der Waals surface area (Å²) >= 11 is 0. The van der Waals surface area contributed by atoms with Crippen molar-refractivity contribution in [1.82, 2.24) is 4.90 Å². The standard InChI is InChI=1S/C17H21NO3/c1-11-5-3-4-6-14(11)13-9-12(2)18(10-13)15(19)17(7-8-17)16(20)21/h3-6,12-13H,7-10H2,1-2H3,(H,20,21)/t12-,13+/m1/s1. The van der Waals surface area contributed by atoms with E-state index in [1.165, 1.54) is 11.1 Å². The highest BCUT2D eigenvalue weighted by Gasteiger charge is 2.59. The van der Waals surface area contributed by atoms with E-state index >= 15 is 0 Å². The molecule has 21 heavy (non-hydrogen) atoms. The van der Waals surface area contributed by atoms with E-state index in [2.05, 4.69) is 19.1 Å². The minimum Gasteiger partial charge on any atom is -0.480 e. The zero-order chi connectivity index (χ0) is 15.2. The average molecular weight is 287 g/mol. The Morgan fingerprint density at radius 3 is 2.52 bits per heavy atom. The van der Waals surface area contributed by atoms with E-state index in [0.29, 0.717) is 25.3 Å². The Morgan fingerprint density at radius 2 is 1.95 bits per heavy atom. The molecule has 1 aromatic rings. The van der Waals surface area contributed by atoms with E-state index in [0.717, 1.165) is 6.42 Å². The van der Waals surface area contributed by atoms with E-state index in [1.807, 2.05) is 19.1 Å². The molecule has 1 saturated carbocycles. The molecule has 0 spiro atoms. The maximum atomic E-state index is 12.6. The first-order chi connectivity index (χ1) is 9.95. The Labute approximate surface area is 124 Å². The van der Waals surface area contributed by atoms with E-state index in [4.69, 9.17) is 0 Å². The summed E-state index contributed by atoms with van der Waals surface area (Å²) in [6.45, 7) is 4.75. The molecule has 1 amide bonds. The maximum absolute atomic E-state index is 12.6. The molecule has 2 atom stereocenters. The third-order valence-electron chi connectivity index (χ3n) is 5.03. The molecular weight excluding hydrogens is 266 g/mol. The summed E-state index contributed by atoms with van der Waals surface area (Å²) in [4.78, 5) is 25.7. The van der Waals surface area contributed by atoms with Crippen molar-refractivity contribution in [3.63, 3.8) is 0 Å². The smallest absolute Gasteiger partial charge is 0.319 e. The molecule has 1 saturated heterocycles. The first-order valence-electron chi connectivity index (χ1n) is 7.56. The Balaban J connectivity index is 1.80. The van der Waals surface area contributed by atoms with Crippen molar-refractivity contribution in [2.24, 2.45) is 5.41 Å². The zero-order valence-corrected chi connectivity index (χ0v) is 12.5. The fourth-order valence-corrected chi connectivity index (χ4v) is 3.50. The molecule has 3 rings (SSSR count). The molecule has 1 aromatic carbocycles. The molecule has 1 heterocycles. The zero-order valence-electron chi connectivity index (χ0n) is 12.5. The summed E-state index contributed by atoms with van der Waals surface area (Å²) < 4.78 is 0. The van der Waals surface area contributed by atoms with E-state index in [1.54, 1.807) is 4.90 Å². The van der Waals surface area contributed by atoms with E-state index < -0.39 is 11.4 Å². The van der Waals surface area contributed by atoms with Crippen LogP contribution in [0.25, 0.3) is 0 Å². The number of likely N-dealkylation sites (tertiary alicyclic amines) is 1. The number of nitrogens with zero attached hydrogens (tertiary/aromatic N) is 1. The molecule has 0 radical (unpaired) electrons. The first kappa shape index (κ1) is 14.1. The number of amides is 1. The van der Waals surface area contributed by atoms with Crippen molar-refractivity contribution >= 4 is 11.9 Å². The van der Waals surface area contributed by atoms with Crippen LogP contribution >= 0.6 is 0 Å². The lowest BCUT2D eigenvalue weighted by molar-refractivity contribution is -0.153. The van der Waals surface area contributed by atoms with Crippen LogP contribution in [-0.2, 0) is 9.59 Å². The molecule has 0 unspecified atom stereocenters. The van der Waals surface area contributed by atoms with Gasteiger partial charge >= 0.3 is 5.97 Å². The second-order valence-corrected chi connectivity index (χ2v) is 6.48. The molecule has 2 aliphatic rings. The van der Waals surface area contributed by atoms with Crippen molar-refractivity contribution < 1.29 is 14.7 Å². The van der Waals surface area contributed by atoms with Gasteiger partial charge in [0, 0.05) is 18.5 Å². The second-order valence-electron chi connectivity index (χ2n) is 6.48. The third kappa shape index (κ3) is 2.23. The highest BCUT2D eigenvalue weighted by molar-refractivity contribution is 6.05. The summed E-state index contributed by atoms with van der Waals surface area (Å²) in [5.74, 6) is -0.827. The van der Waals surface area contributed by atoms with E-state index in [9.17, 15) is 14.7 Å². The van der Waals surface area contributed by atoms with Gasteiger partial charge in [0.1, 0.15) is 5.41 Å². The van der Waals surface area contributed by atoms with E-state index in [-0.39, 0.29) is 11.9 Å². The van der Waals surface area contributed by atoms with Crippen molar-refractivity contribution in [2.45, 2.75) is 45.1 Å². The predicted octanol–water partition coefficient (Wildman–Crippen LogP) is 2.56. The van der Waals surface area contributed by atoms with Crippen molar-refractivity contribution in [2.75, 3.05) is 6.54 Å². The highest BCUT2D eigenvalue weighted by Crippen LogP contribution is 2.49. The van der Waals surface area contributed by atoms with Crippen LogP contribution in [0.1, 0.15) is 43.2 Å². The molecule has 0 bridgehead atoms. The SMILES string of the molecule is Cc1ccccc1[C@H]1C[C@@H](C)N(C(=O)C2(C(=O)O)CC2)C1. The topological polar surface area (TPSA) is 57.6 Å². The molecule has 1 N–H and O–H groups in total. The number of rotatable bonds is 3. The number of carboxylic acids is 1. The van der Waals surface area contributed by atoms with Gasteiger partial charge in [-0.1, -0.05) is 24.3 Å². The van der Waals surface area contributed by atoms with Gasteiger partial charge in [-0.3, -0.25) is 9.59 Å². The van der Waals surface area contributed by atoms with Crippen LogP contribution in [0.3, 0.4) is 0 Å². The lowest BCUT2D eigenvalue weighted by atomic mass is 9.93. The number of aryl methyl sites for hydroxylation is 1. The fourth-order valence-electron chi connectivity index (χ4n) is 3.50. The van der Waals surface area contributed by atoms with Crippen molar-refractivity contribution in [1.29, 1.82) is 0 Å². The molecule has 4 nitrogen and oxygen atoms in total. The van der Waals surface area contributed by atoms with Gasteiger partial charge in [-0.15, -0.1) is 0 Å². The Hall–Kier alpha value is -1.84. The Bertz CT molecular complexity index is 591. The van der Waals surface area contributed by atoms with Crippen molar-refractivity contribution in [3.05, 3.63) is 35.4 Å². The largest absolute Gasteiger partial charge is 0.480 e. The molecule has 0 aromatic heterocycles. The number of carboxylic acid groups (broad SMARTS) is 1. The van der Waals surface area contributed by atoms with Gasteiger partial charge in [-0.2, -0.15) is 0 Å². The summed E-state index contributed by atoms with van der Waals surface area (Å²) in [5, 5.41) is 9.30. The van der Waals surface area contributed by atoms with Crippen LogP contribution in [0.15, 0.2) is 24.3 Å².